The van der Waals surface area contributed by atoms with Gasteiger partial charge in [-0.25, -0.2) is 0 Å². The number of nitrogens with zero attached hydrogens (tertiary/aromatic N) is 1. The fourth-order valence-electron chi connectivity index (χ4n) is 0.900. The van der Waals surface area contributed by atoms with Gasteiger partial charge in [0.05, 0.1) is 0 Å². The molecule has 1 rings (SSSR count). The minimum atomic E-state index is -0.764. The molecule has 1 aliphatic heterocycles. The van der Waals surface area contributed by atoms with E-state index in [4.69, 9.17) is 0 Å². The molecule has 1 fully saturated rings. The first-order chi connectivity index (χ1) is 4.79. The van der Waals surface area contributed by atoms with Crippen molar-refractivity contribution in [3.05, 3.63) is 16.7 Å². The lowest BCUT2D eigenvalue weighted by Gasteiger charge is -2.06. The minimum absolute atomic E-state index is 0.130. The summed E-state index contributed by atoms with van der Waals surface area (Å²) < 4.78 is 0. The largest absolute Gasteiger partial charge is 0.312 e. The number of hydrogen-bond donors (Lipinski definition) is 1. The summed E-state index contributed by atoms with van der Waals surface area (Å²) >= 11 is 0. The van der Waals surface area contributed by atoms with Gasteiger partial charge in [-0.1, -0.05) is 0 Å². The average Bonchev–Trinajstić information content (AvgIpc) is 2.34. The van der Waals surface area contributed by atoms with Crippen LogP contribution in [0.15, 0.2) is 0 Å². The van der Waals surface area contributed by atoms with Gasteiger partial charge in [-0.05, 0) is 12.8 Å². The number of rotatable bonds is 3. The molecule has 57 valence electrons. The number of nitrogens with one attached hydrogen (secondary N) is 1. The molecule has 5 nitrogen and oxygen atoms in total. The van der Waals surface area contributed by atoms with E-state index in [0.29, 0.717) is 0 Å². The third kappa shape index (κ3) is 2.18. The van der Waals surface area contributed by atoms with Gasteiger partial charge in [-0.2, -0.15) is 0 Å². The molecule has 0 bridgehead atoms. The SMILES string of the molecule is O=[N+]([O-])OCC1CC[CH]N1. The van der Waals surface area contributed by atoms with Crippen molar-refractivity contribution in [2.24, 2.45) is 0 Å². The lowest BCUT2D eigenvalue weighted by atomic mass is 10.2. The summed E-state index contributed by atoms with van der Waals surface area (Å²) in [4.78, 5) is 13.9. The molecule has 1 N–H and O–H groups in total. The highest BCUT2D eigenvalue weighted by molar-refractivity contribution is 4.81. The monoisotopic (exact) mass is 145 g/mol. The normalized spacial score (nSPS) is 24.6. The van der Waals surface area contributed by atoms with Crippen LogP contribution in [0.3, 0.4) is 0 Å². The standard InChI is InChI=1S/C5H9N2O3/c8-7(9)10-4-5-2-1-3-6-5/h3,5-6H,1-2,4H2. The Morgan fingerprint density at radius 1 is 1.90 bits per heavy atom. The molecule has 0 saturated carbocycles. The van der Waals surface area contributed by atoms with Crippen molar-refractivity contribution in [1.29, 1.82) is 0 Å². The van der Waals surface area contributed by atoms with E-state index in [1.54, 1.807) is 0 Å². The first-order valence-corrected chi connectivity index (χ1v) is 3.14. The van der Waals surface area contributed by atoms with Crippen molar-refractivity contribution in [2.75, 3.05) is 6.61 Å². The van der Waals surface area contributed by atoms with Crippen molar-refractivity contribution < 1.29 is 9.92 Å². The summed E-state index contributed by atoms with van der Waals surface area (Å²) in [6, 6.07) is 0.130. The van der Waals surface area contributed by atoms with Crippen LogP contribution in [0, 0.1) is 16.7 Å². The van der Waals surface area contributed by atoms with E-state index >= 15 is 0 Å². The second-order valence-electron chi connectivity index (χ2n) is 2.16. The molecule has 1 unspecified atom stereocenters. The zero-order valence-corrected chi connectivity index (χ0v) is 5.45. The van der Waals surface area contributed by atoms with Crippen molar-refractivity contribution in [1.82, 2.24) is 5.32 Å². The molecule has 0 amide bonds. The highest BCUT2D eigenvalue weighted by Gasteiger charge is 2.15. The summed E-state index contributed by atoms with van der Waals surface area (Å²) in [5, 5.41) is 11.9. The molecule has 0 spiro atoms. The molecule has 0 aromatic rings. The lowest BCUT2D eigenvalue weighted by molar-refractivity contribution is -0.758. The van der Waals surface area contributed by atoms with Crippen molar-refractivity contribution in [3.8, 4) is 0 Å². The Kier molecular flexibility index (Phi) is 2.44. The minimum Gasteiger partial charge on any atom is -0.312 e. The zero-order chi connectivity index (χ0) is 7.40. The average molecular weight is 145 g/mol. The van der Waals surface area contributed by atoms with E-state index in [9.17, 15) is 10.1 Å². The van der Waals surface area contributed by atoms with Gasteiger partial charge < -0.3 is 10.2 Å². The van der Waals surface area contributed by atoms with Gasteiger partial charge in [-0.3, -0.25) is 0 Å². The van der Waals surface area contributed by atoms with Gasteiger partial charge in [0, 0.05) is 12.6 Å². The summed E-state index contributed by atoms with van der Waals surface area (Å²) in [7, 11) is 0. The third-order valence-electron chi connectivity index (χ3n) is 1.39. The van der Waals surface area contributed by atoms with Gasteiger partial charge in [0.15, 0.2) is 0 Å². The molecule has 1 aliphatic rings. The Bertz CT molecular complexity index is 122. The Labute approximate surface area is 58.5 Å². The molecular formula is C5H9N2O3. The maximum absolute atomic E-state index is 9.70. The van der Waals surface area contributed by atoms with E-state index in [2.05, 4.69) is 10.2 Å². The summed E-state index contributed by atoms with van der Waals surface area (Å²) in [6.07, 6.45) is 1.89. The smallest absolute Gasteiger partial charge is 0.294 e. The number of hydrogen-bond acceptors (Lipinski definition) is 4. The van der Waals surface area contributed by atoms with Crippen LogP contribution in [0.4, 0.5) is 0 Å². The van der Waals surface area contributed by atoms with Gasteiger partial charge in [0.2, 0.25) is 0 Å². The fraction of sp³-hybridized carbons (Fsp3) is 0.800. The van der Waals surface area contributed by atoms with Crippen LogP contribution in [0.25, 0.3) is 0 Å². The maximum Gasteiger partial charge on any atom is 0.294 e. The predicted octanol–water partition coefficient (Wildman–Crippen LogP) is 0.108. The van der Waals surface area contributed by atoms with Crippen LogP contribution in [-0.2, 0) is 4.84 Å². The van der Waals surface area contributed by atoms with Crippen LogP contribution in [-0.4, -0.2) is 17.7 Å². The van der Waals surface area contributed by atoms with Gasteiger partial charge >= 0.3 is 0 Å². The molecule has 1 heterocycles. The summed E-state index contributed by atoms with van der Waals surface area (Å²) in [5.74, 6) is 0. The second-order valence-corrected chi connectivity index (χ2v) is 2.16. The van der Waals surface area contributed by atoms with Crippen molar-refractivity contribution >= 4 is 0 Å². The first-order valence-electron chi connectivity index (χ1n) is 3.14. The van der Waals surface area contributed by atoms with Crippen LogP contribution in [0.5, 0.6) is 0 Å². The van der Waals surface area contributed by atoms with E-state index < -0.39 is 5.09 Å². The van der Waals surface area contributed by atoms with Crippen molar-refractivity contribution in [2.45, 2.75) is 18.9 Å². The maximum atomic E-state index is 9.70. The van der Waals surface area contributed by atoms with E-state index in [-0.39, 0.29) is 12.6 Å². The first kappa shape index (κ1) is 7.27. The van der Waals surface area contributed by atoms with E-state index in [1.165, 1.54) is 0 Å². The second kappa shape index (κ2) is 3.36. The molecular weight excluding hydrogens is 136 g/mol. The molecule has 1 saturated heterocycles. The van der Waals surface area contributed by atoms with Crippen molar-refractivity contribution in [3.63, 3.8) is 0 Å². The zero-order valence-electron chi connectivity index (χ0n) is 5.45. The van der Waals surface area contributed by atoms with Crippen LogP contribution in [0.1, 0.15) is 12.8 Å². The summed E-state index contributed by atoms with van der Waals surface area (Å²) in [5.41, 5.74) is 0. The van der Waals surface area contributed by atoms with E-state index in [1.807, 2.05) is 6.54 Å². The molecule has 0 aromatic carbocycles. The van der Waals surface area contributed by atoms with Crippen LogP contribution >= 0.6 is 0 Å². The topological polar surface area (TPSA) is 64.4 Å². The molecule has 0 aromatic heterocycles. The van der Waals surface area contributed by atoms with Crippen LogP contribution in [0.2, 0.25) is 0 Å². The van der Waals surface area contributed by atoms with E-state index in [0.717, 1.165) is 12.8 Å². The Morgan fingerprint density at radius 2 is 2.70 bits per heavy atom. The lowest BCUT2D eigenvalue weighted by Crippen LogP contribution is -2.26. The highest BCUT2D eigenvalue weighted by atomic mass is 16.9. The van der Waals surface area contributed by atoms with Crippen LogP contribution < -0.4 is 5.32 Å². The summed E-state index contributed by atoms with van der Waals surface area (Å²) in [6.45, 7) is 2.05. The Hall–Kier alpha value is -0.840. The third-order valence-corrected chi connectivity index (χ3v) is 1.39. The fourth-order valence-corrected chi connectivity index (χ4v) is 0.900. The Morgan fingerprint density at radius 3 is 3.20 bits per heavy atom. The molecule has 1 atom stereocenters. The van der Waals surface area contributed by atoms with Gasteiger partial charge in [0.1, 0.15) is 6.61 Å². The molecule has 0 aliphatic carbocycles. The van der Waals surface area contributed by atoms with Gasteiger partial charge in [-0.15, -0.1) is 10.1 Å². The predicted molar refractivity (Wildman–Crippen MR) is 33.4 cm³/mol. The molecule has 10 heavy (non-hydrogen) atoms. The quantitative estimate of drug-likeness (QED) is 0.452. The molecule has 1 radical (unpaired) electrons. The highest BCUT2D eigenvalue weighted by Crippen LogP contribution is 2.07. The Balaban J connectivity index is 2.07. The molecule has 5 heteroatoms. The van der Waals surface area contributed by atoms with Gasteiger partial charge in [0.25, 0.3) is 5.09 Å².